The lowest BCUT2D eigenvalue weighted by molar-refractivity contribution is -0.120. The van der Waals surface area contributed by atoms with Gasteiger partial charge >= 0.3 is 0 Å². The number of amides is 2. The fraction of sp³-hybridized carbons (Fsp3) is 0.167. The molecule has 0 aliphatic heterocycles. The Kier molecular flexibility index (Phi) is 4.86. The van der Waals surface area contributed by atoms with E-state index in [9.17, 15) is 9.59 Å². The van der Waals surface area contributed by atoms with E-state index in [0.29, 0.717) is 5.69 Å². The Labute approximate surface area is 143 Å². The van der Waals surface area contributed by atoms with Gasteiger partial charge in [-0.15, -0.1) is 11.3 Å². The molecule has 0 saturated heterocycles. The minimum atomic E-state index is -0.362. The van der Waals surface area contributed by atoms with Gasteiger partial charge < -0.3 is 10.6 Å². The third kappa shape index (κ3) is 3.60. The predicted octanol–water partition coefficient (Wildman–Crippen LogP) is 2.90. The maximum atomic E-state index is 12.1. The number of carbonyl (C=O) groups is 2. The van der Waals surface area contributed by atoms with Gasteiger partial charge in [-0.05, 0) is 41.5 Å². The van der Waals surface area contributed by atoms with Gasteiger partial charge in [0.15, 0.2) is 0 Å². The largest absolute Gasteiger partial charge is 0.348 e. The van der Waals surface area contributed by atoms with Crippen molar-refractivity contribution < 1.29 is 9.59 Å². The molecule has 2 N–H and O–H groups in total. The zero-order valence-corrected chi connectivity index (χ0v) is 14.0. The molecule has 3 aromatic rings. The van der Waals surface area contributed by atoms with Crippen LogP contribution in [0.3, 0.4) is 0 Å². The van der Waals surface area contributed by atoms with Crippen LogP contribution in [0.5, 0.6) is 0 Å². The number of benzene rings is 1. The van der Waals surface area contributed by atoms with Gasteiger partial charge in [0.25, 0.3) is 5.91 Å². The van der Waals surface area contributed by atoms with Crippen LogP contribution in [0, 0.1) is 0 Å². The van der Waals surface area contributed by atoms with E-state index in [4.69, 9.17) is 0 Å². The lowest BCUT2D eigenvalue weighted by Gasteiger charge is -2.14. The number of thiophene rings is 1. The fourth-order valence-corrected chi connectivity index (χ4v) is 3.51. The van der Waals surface area contributed by atoms with E-state index in [2.05, 4.69) is 27.1 Å². The van der Waals surface area contributed by atoms with Crippen LogP contribution in [-0.4, -0.2) is 23.3 Å². The van der Waals surface area contributed by atoms with Crippen LogP contribution in [0.4, 0.5) is 0 Å². The van der Waals surface area contributed by atoms with Crippen LogP contribution in [0.1, 0.15) is 29.0 Å². The average molecular weight is 339 g/mol. The predicted molar refractivity (Wildman–Crippen MR) is 95.0 cm³/mol. The maximum Gasteiger partial charge on any atom is 0.270 e. The fourth-order valence-electron chi connectivity index (χ4n) is 2.45. The van der Waals surface area contributed by atoms with Crippen molar-refractivity contribution in [2.45, 2.75) is 13.0 Å². The highest BCUT2D eigenvalue weighted by Crippen LogP contribution is 2.29. The monoisotopic (exact) mass is 339 g/mol. The molecule has 0 aliphatic rings. The van der Waals surface area contributed by atoms with Crippen molar-refractivity contribution >= 4 is 33.2 Å². The second kappa shape index (κ2) is 7.23. The van der Waals surface area contributed by atoms with Crippen LogP contribution in [-0.2, 0) is 4.79 Å². The summed E-state index contributed by atoms with van der Waals surface area (Å²) >= 11 is 1.66. The van der Waals surface area contributed by atoms with Gasteiger partial charge in [0.2, 0.25) is 5.91 Å². The highest BCUT2D eigenvalue weighted by atomic mass is 32.1. The second-order valence-electron chi connectivity index (χ2n) is 5.37. The molecule has 2 aromatic heterocycles. The number of nitrogens with zero attached hydrogens (tertiary/aromatic N) is 1. The van der Waals surface area contributed by atoms with Crippen molar-refractivity contribution in [1.82, 2.24) is 15.6 Å². The number of pyridine rings is 1. The Hall–Kier alpha value is -2.73. The SMILES string of the molecule is C[C@H](NC(=O)CNC(=O)c1ccccn1)c1csc2ccccc12. The van der Waals surface area contributed by atoms with Crippen molar-refractivity contribution in [2.24, 2.45) is 0 Å². The first-order chi connectivity index (χ1) is 11.6. The summed E-state index contributed by atoms with van der Waals surface area (Å²) in [5.74, 6) is -0.596. The van der Waals surface area contributed by atoms with E-state index in [0.717, 1.165) is 10.9 Å². The summed E-state index contributed by atoms with van der Waals surface area (Å²) in [5, 5.41) is 8.69. The van der Waals surface area contributed by atoms with E-state index < -0.39 is 0 Å². The zero-order valence-electron chi connectivity index (χ0n) is 13.2. The first-order valence-corrected chi connectivity index (χ1v) is 8.48. The van der Waals surface area contributed by atoms with Gasteiger partial charge in [-0.25, -0.2) is 0 Å². The molecule has 0 bridgehead atoms. The summed E-state index contributed by atoms with van der Waals surface area (Å²) in [6, 6.07) is 13.0. The van der Waals surface area contributed by atoms with Crippen LogP contribution in [0.2, 0.25) is 0 Å². The van der Waals surface area contributed by atoms with Crippen molar-refractivity contribution in [1.29, 1.82) is 0 Å². The van der Waals surface area contributed by atoms with Gasteiger partial charge in [0.05, 0.1) is 12.6 Å². The molecule has 6 heteroatoms. The lowest BCUT2D eigenvalue weighted by atomic mass is 10.1. The smallest absolute Gasteiger partial charge is 0.270 e. The highest BCUT2D eigenvalue weighted by Gasteiger charge is 2.15. The molecule has 0 unspecified atom stereocenters. The van der Waals surface area contributed by atoms with Crippen LogP contribution in [0.25, 0.3) is 10.1 Å². The first kappa shape index (κ1) is 16.1. The van der Waals surface area contributed by atoms with Gasteiger partial charge in [0, 0.05) is 10.9 Å². The molecule has 3 rings (SSSR count). The second-order valence-corrected chi connectivity index (χ2v) is 6.29. The first-order valence-electron chi connectivity index (χ1n) is 7.60. The summed E-state index contributed by atoms with van der Waals surface area (Å²) < 4.78 is 1.19. The maximum absolute atomic E-state index is 12.1. The van der Waals surface area contributed by atoms with Crippen molar-refractivity contribution in [3.05, 3.63) is 65.3 Å². The van der Waals surface area contributed by atoms with Crippen LogP contribution in [0.15, 0.2) is 54.0 Å². The van der Waals surface area contributed by atoms with Gasteiger partial charge in [-0.1, -0.05) is 24.3 Å². The number of hydrogen-bond acceptors (Lipinski definition) is 4. The molecule has 5 nitrogen and oxygen atoms in total. The number of aromatic nitrogens is 1. The quantitative estimate of drug-likeness (QED) is 0.751. The summed E-state index contributed by atoms with van der Waals surface area (Å²) in [4.78, 5) is 27.9. The van der Waals surface area contributed by atoms with Crippen molar-refractivity contribution in [3.8, 4) is 0 Å². The number of nitrogens with one attached hydrogen (secondary N) is 2. The number of carbonyl (C=O) groups excluding carboxylic acids is 2. The molecular weight excluding hydrogens is 322 g/mol. The summed E-state index contributed by atoms with van der Waals surface area (Å²) in [6.45, 7) is 1.86. The Morgan fingerprint density at radius 2 is 1.96 bits per heavy atom. The number of hydrogen-bond donors (Lipinski definition) is 2. The lowest BCUT2D eigenvalue weighted by Crippen LogP contribution is -2.38. The molecule has 2 amide bonds. The highest BCUT2D eigenvalue weighted by molar-refractivity contribution is 7.17. The van der Waals surface area contributed by atoms with Gasteiger partial charge in [-0.3, -0.25) is 14.6 Å². The Bertz CT molecular complexity index is 861. The molecule has 2 heterocycles. The third-order valence-electron chi connectivity index (χ3n) is 3.66. The third-order valence-corrected chi connectivity index (χ3v) is 4.64. The minimum absolute atomic E-state index is 0.0815. The molecule has 1 aromatic carbocycles. The molecule has 0 radical (unpaired) electrons. The Morgan fingerprint density at radius 1 is 1.17 bits per heavy atom. The number of rotatable bonds is 5. The average Bonchev–Trinajstić information content (AvgIpc) is 3.04. The molecule has 0 saturated carbocycles. The summed E-state index contributed by atoms with van der Waals surface area (Å²) in [7, 11) is 0. The van der Waals surface area contributed by atoms with E-state index in [1.54, 1.807) is 35.7 Å². The number of fused-ring (bicyclic) bond motifs is 1. The van der Waals surface area contributed by atoms with Gasteiger partial charge in [0.1, 0.15) is 5.69 Å². The molecule has 122 valence electrons. The molecule has 0 fully saturated rings. The Balaban J connectivity index is 1.58. The minimum Gasteiger partial charge on any atom is -0.348 e. The molecule has 24 heavy (non-hydrogen) atoms. The van der Waals surface area contributed by atoms with Crippen LogP contribution < -0.4 is 10.6 Å². The van der Waals surface area contributed by atoms with E-state index in [1.165, 1.54) is 4.70 Å². The summed E-state index contributed by atoms with van der Waals surface area (Å²) in [6.07, 6.45) is 1.54. The molecule has 0 aliphatic carbocycles. The molecular formula is C18H17N3O2S. The topological polar surface area (TPSA) is 71.1 Å². The standard InChI is InChI=1S/C18H17N3O2S/c1-12(14-11-24-16-8-3-2-6-13(14)16)21-17(22)10-20-18(23)15-7-4-5-9-19-15/h2-9,11-12H,10H2,1H3,(H,20,23)(H,21,22)/t12-/m0/s1. The van der Waals surface area contributed by atoms with Crippen molar-refractivity contribution in [3.63, 3.8) is 0 Å². The van der Waals surface area contributed by atoms with Crippen molar-refractivity contribution in [2.75, 3.05) is 6.54 Å². The van der Waals surface area contributed by atoms with E-state index in [-0.39, 0.29) is 24.4 Å². The van der Waals surface area contributed by atoms with E-state index in [1.807, 2.05) is 25.1 Å². The van der Waals surface area contributed by atoms with Crippen LogP contribution >= 0.6 is 11.3 Å². The molecule has 0 spiro atoms. The molecule has 1 atom stereocenters. The Morgan fingerprint density at radius 3 is 2.75 bits per heavy atom. The summed E-state index contributed by atoms with van der Waals surface area (Å²) in [5.41, 5.74) is 1.38. The van der Waals surface area contributed by atoms with E-state index >= 15 is 0 Å². The normalized spacial score (nSPS) is 11.9. The van der Waals surface area contributed by atoms with Gasteiger partial charge in [-0.2, -0.15) is 0 Å². The zero-order chi connectivity index (χ0) is 16.9.